The molecule has 1 fully saturated rings. The lowest BCUT2D eigenvalue weighted by molar-refractivity contribution is -0.138. The first kappa shape index (κ1) is 15.3. The summed E-state index contributed by atoms with van der Waals surface area (Å²) in [4.78, 5) is 25.0. The normalized spacial score (nSPS) is 18.9. The highest BCUT2D eigenvalue weighted by atomic mass is 79.9. The van der Waals surface area contributed by atoms with E-state index in [1.807, 2.05) is 0 Å². The molecule has 20 heavy (non-hydrogen) atoms. The molecule has 1 amide bonds. The van der Waals surface area contributed by atoms with Crippen LogP contribution in [-0.4, -0.2) is 35.0 Å². The van der Waals surface area contributed by atoms with Gasteiger partial charge in [-0.15, -0.1) is 0 Å². The van der Waals surface area contributed by atoms with Gasteiger partial charge in [0.15, 0.2) is 0 Å². The van der Waals surface area contributed by atoms with Crippen molar-refractivity contribution >= 4 is 39.4 Å². The van der Waals surface area contributed by atoms with Crippen molar-refractivity contribution < 1.29 is 14.7 Å². The molecule has 0 saturated carbocycles. The van der Waals surface area contributed by atoms with Crippen molar-refractivity contribution in [3.8, 4) is 0 Å². The summed E-state index contributed by atoms with van der Waals surface area (Å²) >= 11 is 9.21. The molecule has 1 heterocycles. The molecule has 0 aromatic heterocycles. The zero-order chi connectivity index (χ0) is 14.7. The number of likely N-dealkylation sites (tertiary alicyclic amines) is 1. The molecule has 108 valence electrons. The number of carbonyl (C=O) groups is 2. The fourth-order valence-electron chi connectivity index (χ4n) is 2.50. The number of carboxylic acid groups (broad SMARTS) is 1. The molecule has 0 spiro atoms. The zero-order valence-electron chi connectivity index (χ0n) is 10.8. The van der Waals surface area contributed by atoms with Gasteiger partial charge in [-0.2, -0.15) is 0 Å². The van der Waals surface area contributed by atoms with E-state index in [9.17, 15) is 9.59 Å². The summed E-state index contributed by atoms with van der Waals surface area (Å²) in [6.45, 7) is 1.17. The average Bonchev–Trinajstić information content (AvgIpc) is 2.37. The zero-order valence-corrected chi connectivity index (χ0v) is 13.2. The van der Waals surface area contributed by atoms with Crippen LogP contribution in [0.5, 0.6) is 0 Å². The molecule has 1 aliphatic heterocycles. The summed E-state index contributed by atoms with van der Waals surface area (Å²) in [5.41, 5.74) is 0.561. The Labute approximate surface area is 130 Å². The van der Waals surface area contributed by atoms with Crippen LogP contribution in [0.3, 0.4) is 0 Å². The van der Waals surface area contributed by atoms with Crippen LogP contribution < -0.4 is 0 Å². The van der Waals surface area contributed by atoms with Gasteiger partial charge in [-0.1, -0.05) is 11.6 Å². The van der Waals surface area contributed by atoms with Gasteiger partial charge in [-0.05, 0) is 52.9 Å². The van der Waals surface area contributed by atoms with Crippen molar-refractivity contribution in [2.45, 2.75) is 19.3 Å². The Kier molecular flexibility index (Phi) is 5.05. The number of rotatable bonds is 3. The molecule has 1 unspecified atom stereocenters. The predicted molar refractivity (Wildman–Crippen MR) is 80.0 cm³/mol. The highest BCUT2D eigenvalue weighted by molar-refractivity contribution is 9.10. The minimum atomic E-state index is -0.808. The number of aliphatic carboxylic acids is 1. The predicted octanol–water partition coefficient (Wildman–Crippen LogP) is 3.43. The molecule has 1 N–H and O–H groups in total. The molecule has 0 bridgehead atoms. The van der Waals surface area contributed by atoms with Crippen molar-refractivity contribution in [3.63, 3.8) is 0 Å². The maximum Gasteiger partial charge on any atom is 0.303 e. The lowest BCUT2D eigenvalue weighted by atomic mass is 9.94. The molecule has 1 saturated heterocycles. The van der Waals surface area contributed by atoms with Gasteiger partial charge in [-0.3, -0.25) is 9.59 Å². The van der Waals surface area contributed by atoms with Gasteiger partial charge in [-0.25, -0.2) is 0 Å². The van der Waals surface area contributed by atoms with Gasteiger partial charge in [0, 0.05) is 29.0 Å². The Hall–Kier alpha value is -1.07. The van der Waals surface area contributed by atoms with E-state index >= 15 is 0 Å². The van der Waals surface area contributed by atoms with E-state index in [1.54, 1.807) is 23.1 Å². The smallest absolute Gasteiger partial charge is 0.303 e. The summed E-state index contributed by atoms with van der Waals surface area (Å²) in [7, 11) is 0. The highest BCUT2D eigenvalue weighted by Crippen LogP contribution is 2.26. The molecule has 4 nitrogen and oxygen atoms in total. The topological polar surface area (TPSA) is 57.6 Å². The maximum absolute atomic E-state index is 12.5. The summed E-state index contributed by atoms with van der Waals surface area (Å²) < 4.78 is 0.662. The van der Waals surface area contributed by atoms with Crippen LogP contribution in [0.15, 0.2) is 22.7 Å². The number of nitrogens with zero attached hydrogens (tertiary/aromatic N) is 1. The Morgan fingerprint density at radius 1 is 1.45 bits per heavy atom. The minimum Gasteiger partial charge on any atom is -0.481 e. The van der Waals surface area contributed by atoms with Crippen molar-refractivity contribution in [2.24, 2.45) is 5.92 Å². The Morgan fingerprint density at radius 2 is 2.20 bits per heavy atom. The number of amides is 1. The van der Waals surface area contributed by atoms with Crippen LogP contribution in [0.2, 0.25) is 5.02 Å². The van der Waals surface area contributed by atoms with Gasteiger partial charge >= 0.3 is 5.97 Å². The van der Waals surface area contributed by atoms with Crippen LogP contribution in [0.1, 0.15) is 29.6 Å². The van der Waals surface area contributed by atoms with Gasteiger partial charge in [0.1, 0.15) is 0 Å². The standard InChI is InChI=1S/C14H15BrClNO3/c15-12-7-10(16)3-4-11(12)14(20)17-5-1-2-9(8-17)6-13(18)19/h3-4,7,9H,1-2,5-6,8H2,(H,18,19). The Morgan fingerprint density at radius 3 is 2.85 bits per heavy atom. The molecule has 0 aliphatic carbocycles. The van der Waals surface area contributed by atoms with Crippen LogP contribution in [0.25, 0.3) is 0 Å². The van der Waals surface area contributed by atoms with E-state index < -0.39 is 5.97 Å². The first-order valence-corrected chi connectivity index (χ1v) is 7.60. The monoisotopic (exact) mass is 359 g/mol. The third kappa shape index (κ3) is 3.73. The molecule has 6 heteroatoms. The lowest BCUT2D eigenvalue weighted by Gasteiger charge is -2.32. The second-order valence-corrected chi connectivity index (χ2v) is 6.27. The van der Waals surface area contributed by atoms with Crippen LogP contribution in [0, 0.1) is 5.92 Å². The number of piperidine rings is 1. The quantitative estimate of drug-likeness (QED) is 0.898. The van der Waals surface area contributed by atoms with Gasteiger partial charge in [0.2, 0.25) is 0 Å². The number of halogens is 2. The van der Waals surface area contributed by atoms with Crippen LogP contribution in [0.4, 0.5) is 0 Å². The van der Waals surface area contributed by atoms with E-state index in [-0.39, 0.29) is 18.2 Å². The molecule has 1 atom stereocenters. The summed E-state index contributed by atoms with van der Waals surface area (Å²) in [5, 5.41) is 9.42. The molecule has 0 radical (unpaired) electrons. The Balaban J connectivity index is 2.10. The maximum atomic E-state index is 12.5. The summed E-state index contributed by atoms with van der Waals surface area (Å²) in [6, 6.07) is 5.06. The van der Waals surface area contributed by atoms with Gasteiger partial charge in [0.05, 0.1) is 5.56 Å². The SMILES string of the molecule is O=C(O)CC1CCCN(C(=O)c2ccc(Cl)cc2Br)C1. The number of hydrogen-bond donors (Lipinski definition) is 1. The number of hydrogen-bond acceptors (Lipinski definition) is 2. The number of carboxylic acids is 1. The van der Waals surface area contributed by atoms with E-state index in [1.165, 1.54) is 0 Å². The fraction of sp³-hybridized carbons (Fsp3) is 0.429. The fourth-order valence-corrected chi connectivity index (χ4v) is 3.35. The Bertz CT molecular complexity index is 535. The van der Waals surface area contributed by atoms with E-state index in [0.717, 1.165) is 12.8 Å². The van der Waals surface area contributed by atoms with Crippen molar-refractivity contribution in [1.29, 1.82) is 0 Å². The van der Waals surface area contributed by atoms with Crippen LogP contribution in [-0.2, 0) is 4.79 Å². The van der Waals surface area contributed by atoms with Gasteiger partial charge < -0.3 is 10.0 Å². The molecule has 2 rings (SSSR count). The van der Waals surface area contributed by atoms with E-state index in [4.69, 9.17) is 16.7 Å². The molecular formula is C14H15BrClNO3. The number of carbonyl (C=O) groups excluding carboxylic acids is 1. The first-order chi connectivity index (χ1) is 9.47. The second-order valence-electron chi connectivity index (χ2n) is 4.98. The third-order valence-electron chi connectivity index (χ3n) is 3.43. The van der Waals surface area contributed by atoms with Crippen LogP contribution >= 0.6 is 27.5 Å². The molecule has 1 aromatic rings. The van der Waals surface area contributed by atoms with Crippen molar-refractivity contribution in [3.05, 3.63) is 33.3 Å². The van der Waals surface area contributed by atoms with Crippen molar-refractivity contribution in [1.82, 2.24) is 4.90 Å². The molecule has 1 aliphatic rings. The highest BCUT2D eigenvalue weighted by Gasteiger charge is 2.26. The summed E-state index contributed by atoms with van der Waals surface area (Å²) in [6.07, 6.45) is 1.82. The van der Waals surface area contributed by atoms with E-state index in [0.29, 0.717) is 28.1 Å². The molecular weight excluding hydrogens is 346 g/mol. The first-order valence-electron chi connectivity index (χ1n) is 6.43. The van der Waals surface area contributed by atoms with E-state index in [2.05, 4.69) is 15.9 Å². The largest absolute Gasteiger partial charge is 0.481 e. The second kappa shape index (κ2) is 6.59. The third-order valence-corrected chi connectivity index (χ3v) is 4.32. The molecule has 1 aromatic carbocycles. The summed E-state index contributed by atoms with van der Waals surface area (Å²) in [5.74, 6) is -0.850. The van der Waals surface area contributed by atoms with Crippen molar-refractivity contribution in [2.75, 3.05) is 13.1 Å². The minimum absolute atomic E-state index is 0.0382. The average molecular weight is 361 g/mol. The number of benzene rings is 1. The lowest BCUT2D eigenvalue weighted by Crippen LogP contribution is -2.40. The van der Waals surface area contributed by atoms with Gasteiger partial charge in [0.25, 0.3) is 5.91 Å².